The van der Waals surface area contributed by atoms with E-state index in [0.29, 0.717) is 12.4 Å². The number of rotatable bonds is 5. The van der Waals surface area contributed by atoms with Crippen LogP contribution in [-0.2, 0) is 0 Å². The lowest BCUT2D eigenvalue weighted by molar-refractivity contribution is 0.430. The lowest BCUT2D eigenvalue weighted by atomic mass is 10.0. The SMILES string of the molecule is CCCNC(c1ncccn1)c1ccc(F)c(F)c1F. The smallest absolute Gasteiger partial charge is 0.194 e. The van der Waals surface area contributed by atoms with Gasteiger partial charge in [-0.05, 0) is 25.1 Å². The zero-order valence-electron chi connectivity index (χ0n) is 10.9. The van der Waals surface area contributed by atoms with Gasteiger partial charge in [-0.1, -0.05) is 13.0 Å². The molecule has 1 aromatic heterocycles. The van der Waals surface area contributed by atoms with Crippen molar-refractivity contribution in [1.29, 1.82) is 0 Å². The Bertz CT molecular complexity index is 575. The molecule has 1 unspecified atom stereocenters. The van der Waals surface area contributed by atoms with Crippen LogP contribution >= 0.6 is 0 Å². The van der Waals surface area contributed by atoms with Crippen LogP contribution in [0.5, 0.6) is 0 Å². The molecule has 0 aliphatic carbocycles. The van der Waals surface area contributed by atoms with Crippen molar-refractivity contribution in [2.24, 2.45) is 0 Å². The molecule has 1 N–H and O–H groups in total. The number of hydrogen-bond acceptors (Lipinski definition) is 3. The highest BCUT2D eigenvalue weighted by atomic mass is 19.2. The zero-order chi connectivity index (χ0) is 14.5. The summed E-state index contributed by atoms with van der Waals surface area (Å²) >= 11 is 0. The Hall–Kier alpha value is -1.95. The van der Waals surface area contributed by atoms with E-state index in [-0.39, 0.29) is 5.56 Å². The molecule has 0 aliphatic heterocycles. The Balaban J connectivity index is 2.44. The minimum atomic E-state index is -1.48. The minimum Gasteiger partial charge on any atom is -0.304 e. The molecule has 1 aromatic carbocycles. The molecule has 0 bridgehead atoms. The third-order valence-electron chi connectivity index (χ3n) is 2.82. The number of nitrogens with zero attached hydrogens (tertiary/aromatic N) is 2. The summed E-state index contributed by atoms with van der Waals surface area (Å²) < 4.78 is 40.3. The molecule has 6 heteroatoms. The van der Waals surface area contributed by atoms with Gasteiger partial charge in [0, 0.05) is 18.0 Å². The largest absolute Gasteiger partial charge is 0.304 e. The lowest BCUT2D eigenvalue weighted by Crippen LogP contribution is -2.26. The molecule has 2 aromatic rings. The summed E-state index contributed by atoms with van der Waals surface area (Å²) in [5.41, 5.74) is -0.0106. The van der Waals surface area contributed by atoms with Crippen molar-refractivity contribution >= 4 is 0 Å². The Morgan fingerprint density at radius 1 is 1.10 bits per heavy atom. The van der Waals surface area contributed by atoms with E-state index < -0.39 is 23.5 Å². The number of aromatic nitrogens is 2. The van der Waals surface area contributed by atoms with Gasteiger partial charge >= 0.3 is 0 Å². The highest BCUT2D eigenvalue weighted by molar-refractivity contribution is 5.28. The van der Waals surface area contributed by atoms with Gasteiger partial charge in [0.1, 0.15) is 5.82 Å². The van der Waals surface area contributed by atoms with Crippen LogP contribution in [0.4, 0.5) is 13.2 Å². The molecule has 1 heterocycles. The van der Waals surface area contributed by atoms with Crippen LogP contribution in [0.3, 0.4) is 0 Å². The first kappa shape index (κ1) is 14.5. The van der Waals surface area contributed by atoms with Gasteiger partial charge in [0.05, 0.1) is 6.04 Å². The van der Waals surface area contributed by atoms with Crippen LogP contribution in [0.2, 0.25) is 0 Å². The van der Waals surface area contributed by atoms with Gasteiger partial charge in [-0.3, -0.25) is 0 Å². The van der Waals surface area contributed by atoms with Crippen LogP contribution in [0.1, 0.15) is 30.8 Å². The summed E-state index contributed by atoms with van der Waals surface area (Å²) in [6.45, 7) is 2.51. The molecule has 0 spiro atoms. The van der Waals surface area contributed by atoms with Crippen molar-refractivity contribution in [3.63, 3.8) is 0 Å². The zero-order valence-corrected chi connectivity index (χ0v) is 10.9. The van der Waals surface area contributed by atoms with Gasteiger partial charge in [0.25, 0.3) is 0 Å². The molecule has 3 nitrogen and oxygen atoms in total. The van der Waals surface area contributed by atoms with Crippen LogP contribution in [0.25, 0.3) is 0 Å². The van der Waals surface area contributed by atoms with Crippen LogP contribution < -0.4 is 5.32 Å². The monoisotopic (exact) mass is 281 g/mol. The Morgan fingerprint density at radius 3 is 2.45 bits per heavy atom. The second-order valence-corrected chi connectivity index (χ2v) is 4.26. The van der Waals surface area contributed by atoms with Gasteiger partial charge in [-0.15, -0.1) is 0 Å². The van der Waals surface area contributed by atoms with Crippen molar-refractivity contribution in [1.82, 2.24) is 15.3 Å². The van der Waals surface area contributed by atoms with Crippen LogP contribution in [0.15, 0.2) is 30.6 Å². The molecule has 0 saturated carbocycles. The highest BCUT2D eigenvalue weighted by Gasteiger charge is 2.23. The van der Waals surface area contributed by atoms with Gasteiger partial charge < -0.3 is 5.32 Å². The quantitative estimate of drug-likeness (QED) is 0.856. The van der Waals surface area contributed by atoms with Crippen molar-refractivity contribution in [2.45, 2.75) is 19.4 Å². The third-order valence-corrected chi connectivity index (χ3v) is 2.82. The van der Waals surface area contributed by atoms with Gasteiger partial charge in [0.15, 0.2) is 17.5 Å². The van der Waals surface area contributed by atoms with Crippen molar-refractivity contribution in [2.75, 3.05) is 6.54 Å². The predicted octanol–water partition coefficient (Wildman–Crippen LogP) is 2.98. The number of hydrogen-bond donors (Lipinski definition) is 1. The standard InChI is InChI=1S/C14H14F3N3/c1-2-6-18-13(14-19-7-3-8-20-14)9-4-5-10(15)12(17)11(9)16/h3-5,7-8,13,18H,2,6H2,1H3. The molecule has 0 radical (unpaired) electrons. The first-order valence-corrected chi connectivity index (χ1v) is 6.28. The molecule has 0 saturated heterocycles. The third kappa shape index (κ3) is 2.96. The summed E-state index contributed by atoms with van der Waals surface area (Å²) in [5, 5.41) is 3.04. The summed E-state index contributed by atoms with van der Waals surface area (Å²) in [6, 6.07) is 3.02. The van der Waals surface area contributed by atoms with E-state index >= 15 is 0 Å². The highest BCUT2D eigenvalue weighted by Crippen LogP contribution is 2.24. The molecule has 0 aliphatic rings. The van der Waals surface area contributed by atoms with E-state index in [1.165, 1.54) is 18.5 Å². The fourth-order valence-electron chi connectivity index (χ4n) is 1.85. The average molecular weight is 281 g/mol. The molecule has 20 heavy (non-hydrogen) atoms. The van der Waals surface area contributed by atoms with Gasteiger partial charge in [-0.25, -0.2) is 23.1 Å². The Labute approximate surface area is 114 Å². The molecule has 106 valence electrons. The molecule has 0 amide bonds. The predicted molar refractivity (Wildman–Crippen MR) is 68.5 cm³/mol. The van der Waals surface area contributed by atoms with E-state index in [2.05, 4.69) is 15.3 Å². The fraction of sp³-hybridized carbons (Fsp3) is 0.286. The average Bonchev–Trinajstić information content (AvgIpc) is 2.48. The van der Waals surface area contributed by atoms with Crippen LogP contribution in [0, 0.1) is 17.5 Å². The van der Waals surface area contributed by atoms with Gasteiger partial charge in [-0.2, -0.15) is 0 Å². The number of halogens is 3. The maximum atomic E-state index is 13.9. The number of benzene rings is 1. The summed E-state index contributed by atoms with van der Waals surface area (Å²) in [7, 11) is 0. The summed E-state index contributed by atoms with van der Waals surface area (Å²) in [4.78, 5) is 8.09. The molecule has 0 fully saturated rings. The van der Waals surface area contributed by atoms with Crippen LogP contribution in [-0.4, -0.2) is 16.5 Å². The Morgan fingerprint density at radius 2 is 1.80 bits per heavy atom. The van der Waals surface area contributed by atoms with E-state index in [4.69, 9.17) is 0 Å². The summed E-state index contributed by atoms with van der Waals surface area (Å²) in [6.07, 6.45) is 3.83. The molecular formula is C14H14F3N3. The van der Waals surface area contributed by atoms with Gasteiger partial charge in [0.2, 0.25) is 0 Å². The van der Waals surface area contributed by atoms with Crippen molar-refractivity contribution in [3.8, 4) is 0 Å². The first-order valence-electron chi connectivity index (χ1n) is 6.28. The maximum absolute atomic E-state index is 13.9. The normalized spacial score (nSPS) is 12.4. The Kier molecular flexibility index (Phi) is 4.68. The van der Waals surface area contributed by atoms with E-state index in [1.807, 2.05) is 6.92 Å². The van der Waals surface area contributed by atoms with E-state index in [1.54, 1.807) is 6.07 Å². The molecular weight excluding hydrogens is 267 g/mol. The number of nitrogens with one attached hydrogen (secondary N) is 1. The lowest BCUT2D eigenvalue weighted by Gasteiger charge is -2.18. The molecule has 2 rings (SSSR count). The minimum absolute atomic E-state index is 0.0106. The van der Waals surface area contributed by atoms with Crippen molar-refractivity contribution in [3.05, 3.63) is 59.4 Å². The fourth-order valence-corrected chi connectivity index (χ4v) is 1.85. The maximum Gasteiger partial charge on any atom is 0.194 e. The molecule has 1 atom stereocenters. The topological polar surface area (TPSA) is 37.8 Å². The van der Waals surface area contributed by atoms with Crippen molar-refractivity contribution < 1.29 is 13.2 Å². The second kappa shape index (κ2) is 6.47. The summed E-state index contributed by atoms with van der Waals surface area (Å²) in [5.74, 6) is -3.60. The van der Waals surface area contributed by atoms with E-state index in [9.17, 15) is 13.2 Å². The van der Waals surface area contributed by atoms with E-state index in [0.717, 1.165) is 12.5 Å². The second-order valence-electron chi connectivity index (χ2n) is 4.26. The first-order chi connectivity index (χ1) is 9.65.